The molecule has 1 aliphatic rings. The number of halogens is 2. The normalized spacial score (nSPS) is 24.0. The van der Waals surface area contributed by atoms with Gasteiger partial charge in [0.25, 0.3) is 0 Å². The van der Waals surface area contributed by atoms with Gasteiger partial charge in [-0.15, -0.1) is 0 Å². The molecule has 0 bridgehead atoms. The first-order valence-electron chi connectivity index (χ1n) is 5.43. The maximum atomic E-state index is 11.6. The first kappa shape index (κ1) is 15.4. The highest BCUT2D eigenvalue weighted by Crippen LogP contribution is 2.28. The van der Waals surface area contributed by atoms with Crippen LogP contribution in [0.3, 0.4) is 0 Å². The van der Waals surface area contributed by atoms with Gasteiger partial charge in [0.1, 0.15) is 0 Å². The molecule has 0 heterocycles. The zero-order chi connectivity index (χ0) is 12.8. The molecule has 96 valence electrons. The zero-order valence-electron chi connectivity index (χ0n) is 9.58. The highest BCUT2D eigenvalue weighted by molar-refractivity contribution is 14.1. The predicted molar refractivity (Wildman–Crippen MR) is 85.5 cm³/mol. The van der Waals surface area contributed by atoms with Crippen LogP contribution in [0.5, 0.6) is 0 Å². The van der Waals surface area contributed by atoms with E-state index in [9.17, 15) is 4.79 Å². The van der Waals surface area contributed by atoms with Crippen molar-refractivity contribution in [2.24, 2.45) is 5.73 Å². The summed E-state index contributed by atoms with van der Waals surface area (Å²) in [6.45, 7) is 3.59. The molecule has 1 rings (SSSR count). The first-order valence-corrected chi connectivity index (χ1v) is 7.76. The second-order valence-corrected chi connectivity index (χ2v) is 6.22. The van der Waals surface area contributed by atoms with Crippen molar-refractivity contribution in [1.82, 2.24) is 5.32 Å². The third kappa shape index (κ3) is 4.49. The predicted octanol–water partition coefficient (Wildman–Crippen LogP) is 1.53. The maximum Gasteiger partial charge on any atom is 0.337 e. The molecule has 0 aliphatic heterocycles. The number of carbonyl (C=O) groups is 1. The lowest BCUT2D eigenvalue weighted by Crippen LogP contribution is -2.40. The van der Waals surface area contributed by atoms with Crippen LogP contribution in [-0.4, -0.2) is 35.6 Å². The van der Waals surface area contributed by atoms with E-state index in [1.165, 1.54) is 0 Å². The highest BCUT2D eigenvalue weighted by atomic mass is 127. The summed E-state index contributed by atoms with van der Waals surface area (Å²) in [7, 11) is 0. The van der Waals surface area contributed by atoms with Crippen LogP contribution in [-0.2, 0) is 9.53 Å². The molecule has 6 heteroatoms. The average molecular weight is 462 g/mol. The molecule has 0 fully saturated rings. The van der Waals surface area contributed by atoms with Crippen LogP contribution < -0.4 is 11.1 Å². The molecule has 0 amide bonds. The van der Waals surface area contributed by atoms with Crippen molar-refractivity contribution in [2.75, 3.05) is 19.7 Å². The lowest BCUT2D eigenvalue weighted by molar-refractivity contribution is -0.138. The molecule has 0 aromatic heterocycles. The van der Waals surface area contributed by atoms with Crippen LogP contribution in [0.15, 0.2) is 21.3 Å². The van der Waals surface area contributed by atoms with Gasteiger partial charge in [0, 0.05) is 16.7 Å². The van der Waals surface area contributed by atoms with Gasteiger partial charge in [-0.25, -0.2) is 4.79 Å². The van der Waals surface area contributed by atoms with Gasteiger partial charge in [-0.3, -0.25) is 0 Å². The van der Waals surface area contributed by atoms with Crippen LogP contribution in [0, 0.1) is 0 Å². The minimum absolute atomic E-state index is 0.232. The van der Waals surface area contributed by atoms with Gasteiger partial charge in [-0.1, -0.05) is 28.7 Å². The Labute approximate surface area is 129 Å². The van der Waals surface area contributed by atoms with E-state index in [1.807, 2.05) is 19.1 Å². The summed E-state index contributed by atoms with van der Waals surface area (Å²) < 4.78 is 6.34. The summed E-state index contributed by atoms with van der Waals surface area (Å²) >= 11 is 4.57. The minimum atomic E-state index is -0.249. The summed E-state index contributed by atoms with van der Waals surface area (Å²) in [5, 5.41) is 3.36. The van der Waals surface area contributed by atoms with E-state index in [2.05, 4.69) is 50.5 Å². The van der Waals surface area contributed by atoms with Crippen LogP contribution in [0.25, 0.3) is 0 Å². The molecule has 17 heavy (non-hydrogen) atoms. The highest BCUT2D eigenvalue weighted by Gasteiger charge is 2.26. The van der Waals surface area contributed by atoms with E-state index in [1.54, 1.807) is 0 Å². The summed E-state index contributed by atoms with van der Waals surface area (Å²) in [4.78, 5) is 11.6. The molecule has 2 unspecified atom stereocenters. The molecule has 0 radical (unpaired) electrons. The molecule has 0 spiro atoms. The first-order chi connectivity index (χ1) is 8.10. The third-order valence-electron chi connectivity index (χ3n) is 2.27. The SMILES string of the molecule is CCOC(=O)C1=CC(I)C(NCCN)C(I)=C1. The Morgan fingerprint density at radius 3 is 2.88 bits per heavy atom. The molecule has 4 nitrogen and oxygen atoms in total. The molecule has 0 saturated heterocycles. The molecule has 0 aromatic rings. The molecule has 1 aliphatic carbocycles. The molecule has 0 aromatic carbocycles. The van der Waals surface area contributed by atoms with Gasteiger partial charge in [-0.2, -0.15) is 0 Å². The number of esters is 1. The lowest BCUT2D eigenvalue weighted by atomic mass is 10.0. The second-order valence-electron chi connectivity index (χ2n) is 3.54. The van der Waals surface area contributed by atoms with Crippen LogP contribution in [0.2, 0.25) is 0 Å². The molecular formula is C11H16I2N2O2. The van der Waals surface area contributed by atoms with E-state index in [0.29, 0.717) is 18.7 Å². The number of alkyl halides is 1. The van der Waals surface area contributed by atoms with Crippen molar-refractivity contribution in [2.45, 2.75) is 16.9 Å². The maximum absolute atomic E-state index is 11.6. The number of hydrogen-bond acceptors (Lipinski definition) is 4. The van der Waals surface area contributed by atoms with Gasteiger partial charge < -0.3 is 15.8 Å². The van der Waals surface area contributed by atoms with Crippen molar-refractivity contribution >= 4 is 51.2 Å². The van der Waals surface area contributed by atoms with Gasteiger partial charge in [0.05, 0.1) is 22.1 Å². The monoisotopic (exact) mass is 462 g/mol. The van der Waals surface area contributed by atoms with Gasteiger partial charge in [0.2, 0.25) is 0 Å². The largest absolute Gasteiger partial charge is 0.462 e. The Morgan fingerprint density at radius 1 is 1.65 bits per heavy atom. The number of hydrogen-bond donors (Lipinski definition) is 2. The second kappa shape index (κ2) is 7.70. The number of ether oxygens (including phenoxy) is 1. The molecular weight excluding hydrogens is 446 g/mol. The fraction of sp³-hybridized carbons (Fsp3) is 0.545. The Hall–Kier alpha value is 0.330. The molecule has 2 atom stereocenters. The summed E-state index contributed by atoms with van der Waals surface area (Å²) in [5.41, 5.74) is 6.12. The summed E-state index contributed by atoms with van der Waals surface area (Å²) in [6.07, 6.45) is 3.82. The van der Waals surface area contributed by atoms with Crippen molar-refractivity contribution in [3.05, 3.63) is 21.3 Å². The Bertz CT molecular complexity index is 342. The zero-order valence-corrected chi connectivity index (χ0v) is 13.9. The Morgan fingerprint density at radius 2 is 2.35 bits per heavy atom. The lowest BCUT2D eigenvalue weighted by Gasteiger charge is -2.25. The Kier molecular flexibility index (Phi) is 6.97. The standard InChI is InChI=1S/C11H16I2N2O2/c1-2-17-11(16)7-5-8(12)10(9(13)6-7)15-4-3-14/h5-6,8,10,15H,2-4,14H2,1H3. The quantitative estimate of drug-likeness (QED) is 0.370. The number of carbonyl (C=O) groups excluding carboxylic acids is 1. The number of rotatable bonds is 5. The topological polar surface area (TPSA) is 64.3 Å². The van der Waals surface area contributed by atoms with E-state index in [0.717, 1.165) is 10.1 Å². The van der Waals surface area contributed by atoms with Crippen molar-refractivity contribution in [3.63, 3.8) is 0 Å². The number of nitrogens with one attached hydrogen (secondary N) is 1. The van der Waals surface area contributed by atoms with E-state index >= 15 is 0 Å². The van der Waals surface area contributed by atoms with Crippen LogP contribution >= 0.6 is 45.2 Å². The van der Waals surface area contributed by atoms with E-state index < -0.39 is 0 Å². The van der Waals surface area contributed by atoms with Crippen molar-refractivity contribution in [3.8, 4) is 0 Å². The van der Waals surface area contributed by atoms with Crippen molar-refractivity contribution in [1.29, 1.82) is 0 Å². The van der Waals surface area contributed by atoms with E-state index in [4.69, 9.17) is 10.5 Å². The van der Waals surface area contributed by atoms with Gasteiger partial charge in [-0.05, 0) is 35.6 Å². The average Bonchev–Trinajstić information content (AvgIpc) is 2.28. The molecule has 3 N–H and O–H groups in total. The smallest absolute Gasteiger partial charge is 0.337 e. The van der Waals surface area contributed by atoms with Crippen molar-refractivity contribution < 1.29 is 9.53 Å². The van der Waals surface area contributed by atoms with E-state index in [-0.39, 0.29) is 15.9 Å². The Balaban J connectivity index is 2.72. The third-order valence-corrected chi connectivity index (χ3v) is 4.33. The van der Waals surface area contributed by atoms with Crippen LogP contribution in [0.1, 0.15) is 6.92 Å². The van der Waals surface area contributed by atoms with Gasteiger partial charge >= 0.3 is 5.97 Å². The minimum Gasteiger partial charge on any atom is -0.462 e. The molecule has 0 saturated carbocycles. The number of nitrogens with two attached hydrogens (primary N) is 1. The van der Waals surface area contributed by atoms with Gasteiger partial charge in [0.15, 0.2) is 0 Å². The van der Waals surface area contributed by atoms with Crippen LogP contribution in [0.4, 0.5) is 0 Å². The summed E-state index contributed by atoms with van der Waals surface area (Å²) in [5.74, 6) is -0.249. The summed E-state index contributed by atoms with van der Waals surface area (Å²) in [6, 6.07) is 0.234. The fourth-order valence-electron chi connectivity index (χ4n) is 1.50. The fourth-order valence-corrected chi connectivity index (χ4v) is 4.16.